The van der Waals surface area contributed by atoms with E-state index in [2.05, 4.69) is 31.3 Å². The van der Waals surface area contributed by atoms with E-state index in [0.717, 1.165) is 5.56 Å². The zero-order valence-corrected chi connectivity index (χ0v) is 12.6. The largest absolute Gasteiger partial charge is 0.449 e. The van der Waals surface area contributed by atoms with Gasteiger partial charge in [0, 0.05) is 11.8 Å². The second-order valence-corrected chi connectivity index (χ2v) is 5.64. The molecule has 0 spiro atoms. The van der Waals surface area contributed by atoms with Crippen molar-refractivity contribution in [3.05, 3.63) is 59.4 Å². The highest BCUT2D eigenvalue weighted by atomic mass is 16.5. The lowest BCUT2D eigenvalue weighted by Crippen LogP contribution is -2.23. The van der Waals surface area contributed by atoms with Crippen molar-refractivity contribution >= 4 is 23.4 Å². The molecule has 0 unspecified atom stereocenters. The zero-order valence-electron chi connectivity index (χ0n) is 12.6. The van der Waals surface area contributed by atoms with Crippen LogP contribution in [0.1, 0.15) is 30.9 Å². The summed E-state index contributed by atoms with van der Waals surface area (Å²) in [5.74, 6) is 1.04. The van der Waals surface area contributed by atoms with Crippen molar-refractivity contribution in [1.29, 1.82) is 0 Å². The molecule has 0 atom stereocenters. The average Bonchev–Trinajstić information content (AvgIpc) is 2.49. The Kier molecular flexibility index (Phi) is 3.59. The molecular weight excluding hydrogens is 276 g/mol. The fourth-order valence-corrected chi connectivity index (χ4v) is 2.30. The molecule has 2 aromatic rings. The van der Waals surface area contributed by atoms with Crippen molar-refractivity contribution in [2.24, 2.45) is 0 Å². The van der Waals surface area contributed by atoms with Crippen molar-refractivity contribution in [3.63, 3.8) is 0 Å². The molecule has 3 N–H and O–H groups in total. The molecule has 22 heavy (non-hydrogen) atoms. The summed E-state index contributed by atoms with van der Waals surface area (Å²) < 4.78 is 5.68. The third-order valence-electron chi connectivity index (χ3n) is 3.60. The van der Waals surface area contributed by atoms with Crippen molar-refractivity contribution < 1.29 is 9.53 Å². The number of carbonyl (C=O) groups excluding carboxylic acids is 1. The van der Waals surface area contributed by atoms with Crippen LogP contribution in [0.15, 0.2) is 48.2 Å². The summed E-state index contributed by atoms with van der Waals surface area (Å²) in [7, 11) is 0. The fraction of sp³-hybridized carbons (Fsp3) is 0.167. The molecule has 4 nitrogen and oxygen atoms in total. The van der Waals surface area contributed by atoms with Gasteiger partial charge in [-0.2, -0.15) is 0 Å². The normalized spacial score (nSPS) is 15.4. The van der Waals surface area contributed by atoms with E-state index in [0.29, 0.717) is 23.0 Å². The number of nitrogens with one attached hydrogen (secondary N) is 1. The predicted molar refractivity (Wildman–Crippen MR) is 88.6 cm³/mol. The lowest BCUT2D eigenvalue weighted by atomic mass is 10.0. The molecule has 4 heteroatoms. The van der Waals surface area contributed by atoms with Crippen LogP contribution in [0.25, 0.3) is 6.08 Å². The number of ether oxygens (including phenoxy) is 1. The summed E-state index contributed by atoms with van der Waals surface area (Å²) >= 11 is 0. The third-order valence-corrected chi connectivity index (χ3v) is 3.60. The van der Waals surface area contributed by atoms with Gasteiger partial charge < -0.3 is 15.8 Å². The summed E-state index contributed by atoms with van der Waals surface area (Å²) in [5.41, 5.74) is 9.15. The van der Waals surface area contributed by atoms with Crippen molar-refractivity contribution in [1.82, 2.24) is 0 Å². The maximum Gasteiger partial charge on any atom is 0.291 e. The van der Waals surface area contributed by atoms with E-state index in [1.54, 1.807) is 24.3 Å². The molecule has 0 saturated heterocycles. The van der Waals surface area contributed by atoms with Crippen LogP contribution in [-0.2, 0) is 4.79 Å². The highest BCUT2D eigenvalue weighted by Gasteiger charge is 2.21. The van der Waals surface area contributed by atoms with Crippen LogP contribution in [0, 0.1) is 0 Å². The maximum atomic E-state index is 12.1. The van der Waals surface area contributed by atoms with Gasteiger partial charge in [-0.1, -0.05) is 38.1 Å². The summed E-state index contributed by atoms with van der Waals surface area (Å²) in [4.78, 5) is 12.1. The van der Waals surface area contributed by atoms with Crippen LogP contribution >= 0.6 is 0 Å². The van der Waals surface area contributed by atoms with E-state index in [-0.39, 0.29) is 11.7 Å². The standard InChI is InChI=1S/C18H18N2O2/c1-11(2)13-5-3-12(4-6-13)9-17-18(21)20-15-8-7-14(19)10-16(15)22-17/h3-11H,19H2,1-2H3,(H,20,21)/b17-9+. The molecule has 0 fully saturated rings. The van der Waals surface area contributed by atoms with Gasteiger partial charge in [-0.3, -0.25) is 4.79 Å². The molecule has 1 aliphatic heterocycles. The lowest BCUT2D eigenvalue weighted by Gasteiger charge is -2.20. The molecule has 112 valence electrons. The van der Waals surface area contributed by atoms with E-state index >= 15 is 0 Å². The van der Waals surface area contributed by atoms with Crippen LogP contribution in [0.2, 0.25) is 0 Å². The average molecular weight is 294 g/mol. The number of fused-ring (bicyclic) bond motifs is 1. The summed E-state index contributed by atoms with van der Waals surface area (Å²) in [5, 5.41) is 2.80. The fourth-order valence-electron chi connectivity index (χ4n) is 2.30. The minimum Gasteiger partial charge on any atom is -0.449 e. The SMILES string of the molecule is CC(C)c1ccc(/C=C2/Oc3cc(N)ccc3NC2=O)cc1. The first kappa shape index (κ1) is 14.2. The molecule has 0 aliphatic carbocycles. The molecule has 0 bridgehead atoms. The van der Waals surface area contributed by atoms with Gasteiger partial charge in [0.25, 0.3) is 5.91 Å². The van der Waals surface area contributed by atoms with Crippen molar-refractivity contribution in [3.8, 4) is 5.75 Å². The Bertz CT molecular complexity index is 746. The Morgan fingerprint density at radius 2 is 1.86 bits per heavy atom. The number of hydrogen-bond acceptors (Lipinski definition) is 3. The first-order valence-electron chi connectivity index (χ1n) is 7.23. The third kappa shape index (κ3) is 2.81. The van der Waals surface area contributed by atoms with Gasteiger partial charge in [-0.15, -0.1) is 0 Å². The molecule has 0 aromatic heterocycles. The Balaban J connectivity index is 1.89. The number of nitrogens with two attached hydrogens (primary N) is 1. The first-order chi connectivity index (χ1) is 10.5. The molecule has 3 rings (SSSR count). The molecule has 1 aliphatic rings. The molecule has 1 amide bonds. The highest BCUT2D eigenvalue weighted by molar-refractivity contribution is 6.08. The van der Waals surface area contributed by atoms with Crippen LogP contribution in [0.4, 0.5) is 11.4 Å². The monoisotopic (exact) mass is 294 g/mol. The quantitative estimate of drug-likeness (QED) is 0.654. The first-order valence-corrected chi connectivity index (χ1v) is 7.23. The van der Waals surface area contributed by atoms with Crippen LogP contribution in [0.5, 0.6) is 5.75 Å². The molecular formula is C18H18N2O2. The van der Waals surface area contributed by atoms with E-state index in [1.165, 1.54) is 5.56 Å². The Hall–Kier alpha value is -2.75. The summed E-state index contributed by atoms with van der Waals surface area (Å²) in [6.07, 6.45) is 1.73. The van der Waals surface area contributed by atoms with Gasteiger partial charge in [0.05, 0.1) is 5.69 Å². The smallest absolute Gasteiger partial charge is 0.291 e. The molecule has 0 saturated carbocycles. The van der Waals surface area contributed by atoms with E-state index in [9.17, 15) is 4.79 Å². The molecule has 0 radical (unpaired) electrons. The topological polar surface area (TPSA) is 64.3 Å². The van der Waals surface area contributed by atoms with Gasteiger partial charge in [0.15, 0.2) is 11.5 Å². The van der Waals surface area contributed by atoms with Crippen molar-refractivity contribution in [2.45, 2.75) is 19.8 Å². The Morgan fingerprint density at radius 1 is 1.14 bits per heavy atom. The maximum absolute atomic E-state index is 12.1. The van der Waals surface area contributed by atoms with E-state index in [4.69, 9.17) is 10.5 Å². The summed E-state index contributed by atoms with van der Waals surface area (Å²) in [6.45, 7) is 4.29. The second-order valence-electron chi connectivity index (χ2n) is 5.64. The molecule has 1 heterocycles. The Labute approximate surface area is 129 Å². The minimum absolute atomic E-state index is 0.259. The number of rotatable bonds is 2. The van der Waals surface area contributed by atoms with Gasteiger partial charge >= 0.3 is 0 Å². The number of hydrogen-bond donors (Lipinski definition) is 2. The van der Waals surface area contributed by atoms with Crippen LogP contribution in [-0.4, -0.2) is 5.91 Å². The lowest BCUT2D eigenvalue weighted by molar-refractivity contribution is -0.115. The van der Waals surface area contributed by atoms with Gasteiger partial charge in [0.1, 0.15) is 0 Å². The van der Waals surface area contributed by atoms with Crippen molar-refractivity contribution in [2.75, 3.05) is 11.1 Å². The number of amides is 1. The Morgan fingerprint density at radius 3 is 2.55 bits per heavy atom. The zero-order chi connectivity index (χ0) is 15.7. The summed E-state index contributed by atoms with van der Waals surface area (Å²) in [6, 6.07) is 13.2. The highest BCUT2D eigenvalue weighted by Crippen LogP contribution is 2.33. The van der Waals surface area contributed by atoms with Gasteiger partial charge in [-0.25, -0.2) is 0 Å². The number of benzene rings is 2. The van der Waals surface area contributed by atoms with Gasteiger partial charge in [0.2, 0.25) is 0 Å². The van der Waals surface area contributed by atoms with E-state index in [1.807, 2.05) is 12.1 Å². The number of carbonyl (C=O) groups is 1. The van der Waals surface area contributed by atoms with E-state index < -0.39 is 0 Å². The van der Waals surface area contributed by atoms with Crippen LogP contribution < -0.4 is 15.8 Å². The van der Waals surface area contributed by atoms with Gasteiger partial charge in [-0.05, 0) is 35.3 Å². The number of nitrogen functional groups attached to an aromatic ring is 1. The molecule has 2 aromatic carbocycles. The predicted octanol–water partition coefficient (Wildman–Crippen LogP) is 3.76. The van der Waals surface area contributed by atoms with Crippen LogP contribution in [0.3, 0.4) is 0 Å². The number of anilines is 2. The second kappa shape index (κ2) is 5.56. The minimum atomic E-state index is -0.259.